The Bertz CT molecular complexity index is 222. The van der Waals surface area contributed by atoms with Gasteiger partial charge in [0.1, 0.15) is 0 Å². The summed E-state index contributed by atoms with van der Waals surface area (Å²) in [7, 11) is 0. The van der Waals surface area contributed by atoms with Crippen LogP contribution in [-0.2, 0) is 0 Å². The summed E-state index contributed by atoms with van der Waals surface area (Å²) < 4.78 is 0. The Labute approximate surface area is 150 Å². The second kappa shape index (κ2) is 16.2. The van der Waals surface area contributed by atoms with Gasteiger partial charge in [-0.15, -0.1) is 0 Å². The molecule has 1 heterocycles. The first-order valence-electron chi connectivity index (χ1n) is 10.1. The fourth-order valence-electron chi connectivity index (χ4n) is 2.82. The van der Waals surface area contributed by atoms with Gasteiger partial charge >= 0.3 is 0 Å². The lowest BCUT2D eigenvalue weighted by atomic mass is 10.3. The van der Waals surface area contributed by atoms with E-state index >= 15 is 0 Å². The standard InChI is InChI=1S/C18H42N6/c1-3-5-13-23-15-19-9-7-11-21-17-24(14-6-4-2)18-22-12-8-10-20-16-23/h19-22H,3-18H2,1-2H3. The van der Waals surface area contributed by atoms with Crippen LogP contribution in [-0.4, -0.2) is 75.7 Å². The lowest BCUT2D eigenvalue weighted by Gasteiger charge is -2.25. The quantitative estimate of drug-likeness (QED) is 0.581. The van der Waals surface area contributed by atoms with Gasteiger partial charge in [0.2, 0.25) is 0 Å². The van der Waals surface area contributed by atoms with Crippen molar-refractivity contribution >= 4 is 0 Å². The van der Waals surface area contributed by atoms with E-state index in [1.807, 2.05) is 0 Å². The molecule has 6 nitrogen and oxygen atoms in total. The molecule has 0 saturated carbocycles. The van der Waals surface area contributed by atoms with Crippen molar-refractivity contribution in [2.45, 2.75) is 52.4 Å². The second-order valence-corrected chi connectivity index (χ2v) is 6.84. The monoisotopic (exact) mass is 342 g/mol. The third-order valence-corrected chi connectivity index (χ3v) is 4.41. The number of unbranched alkanes of at least 4 members (excludes halogenated alkanes) is 2. The van der Waals surface area contributed by atoms with E-state index in [0.717, 1.165) is 52.9 Å². The maximum absolute atomic E-state index is 3.59. The van der Waals surface area contributed by atoms with Crippen molar-refractivity contribution in [2.24, 2.45) is 0 Å². The minimum Gasteiger partial charge on any atom is -0.304 e. The lowest BCUT2D eigenvalue weighted by Crippen LogP contribution is -2.44. The second-order valence-electron chi connectivity index (χ2n) is 6.84. The number of nitrogens with one attached hydrogen (secondary N) is 4. The molecule has 6 heteroatoms. The Morgan fingerprint density at radius 1 is 0.583 bits per heavy atom. The Morgan fingerprint density at radius 3 is 1.21 bits per heavy atom. The van der Waals surface area contributed by atoms with Crippen LogP contribution in [0, 0.1) is 0 Å². The number of hydrogen-bond acceptors (Lipinski definition) is 6. The van der Waals surface area contributed by atoms with Crippen molar-refractivity contribution in [3.63, 3.8) is 0 Å². The summed E-state index contributed by atoms with van der Waals surface area (Å²) in [6.07, 6.45) is 7.45. The minimum atomic E-state index is 0.994. The molecule has 24 heavy (non-hydrogen) atoms. The first-order valence-corrected chi connectivity index (χ1v) is 10.1. The smallest absolute Gasteiger partial charge is 0.0492 e. The molecular formula is C18H42N6. The maximum Gasteiger partial charge on any atom is 0.0492 e. The highest BCUT2D eigenvalue weighted by Crippen LogP contribution is 1.94. The Balaban J connectivity index is 2.30. The summed E-state index contributed by atoms with van der Waals surface area (Å²) in [6.45, 7) is 15.2. The van der Waals surface area contributed by atoms with Crippen LogP contribution in [0.3, 0.4) is 0 Å². The van der Waals surface area contributed by atoms with Gasteiger partial charge in [-0.05, 0) is 51.9 Å². The van der Waals surface area contributed by atoms with Crippen molar-refractivity contribution in [3.05, 3.63) is 0 Å². The van der Waals surface area contributed by atoms with Crippen LogP contribution in [0.2, 0.25) is 0 Å². The van der Waals surface area contributed by atoms with E-state index in [-0.39, 0.29) is 0 Å². The molecule has 0 aromatic rings. The van der Waals surface area contributed by atoms with E-state index < -0.39 is 0 Å². The van der Waals surface area contributed by atoms with Gasteiger partial charge in [0.15, 0.2) is 0 Å². The van der Waals surface area contributed by atoms with Gasteiger partial charge in [-0.1, -0.05) is 26.7 Å². The molecule has 0 aromatic carbocycles. The van der Waals surface area contributed by atoms with Crippen molar-refractivity contribution in [2.75, 3.05) is 65.9 Å². The molecule has 0 aromatic heterocycles. The number of hydrogen-bond donors (Lipinski definition) is 4. The molecule has 1 aliphatic rings. The van der Waals surface area contributed by atoms with E-state index in [2.05, 4.69) is 44.9 Å². The van der Waals surface area contributed by atoms with Gasteiger partial charge in [0.25, 0.3) is 0 Å². The van der Waals surface area contributed by atoms with Crippen LogP contribution >= 0.6 is 0 Å². The van der Waals surface area contributed by atoms with Crippen LogP contribution in [0.15, 0.2) is 0 Å². The molecule has 0 bridgehead atoms. The summed E-state index contributed by atoms with van der Waals surface area (Å²) in [5.41, 5.74) is 0. The number of rotatable bonds is 6. The fourth-order valence-corrected chi connectivity index (χ4v) is 2.82. The zero-order valence-electron chi connectivity index (χ0n) is 16.2. The lowest BCUT2D eigenvalue weighted by molar-refractivity contribution is 0.218. The molecule has 0 unspecified atom stereocenters. The molecule has 1 rings (SSSR count). The van der Waals surface area contributed by atoms with E-state index in [1.54, 1.807) is 0 Å². The van der Waals surface area contributed by atoms with Crippen LogP contribution < -0.4 is 21.3 Å². The molecule has 144 valence electrons. The zero-order valence-corrected chi connectivity index (χ0v) is 16.2. The zero-order chi connectivity index (χ0) is 17.3. The first kappa shape index (κ1) is 21.8. The predicted octanol–water partition coefficient (Wildman–Crippen LogP) is 1.17. The minimum absolute atomic E-state index is 0.994. The average Bonchev–Trinajstić information content (AvgIpc) is 2.59. The molecule has 0 aliphatic carbocycles. The summed E-state index contributed by atoms with van der Waals surface area (Å²) in [6, 6.07) is 0. The maximum atomic E-state index is 3.59. The molecule has 0 amide bonds. The third kappa shape index (κ3) is 12.2. The molecule has 4 N–H and O–H groups in total. The van der Waals surface area contributed by atoms with Crippen LogP contribution in [0.4, 0.5) is 0 Å². The molecule has 0 radical (unpaired) electrons. The molecule has 1 saturated heterocycles. The van der Waals surface area contributed by atoms with Gasteiger partial charge in [-0.3, -0.25) is 9.80 Å². The largest absolute Gasteiger partial charge is 0.304 e. The van der Waals surface area contributed by atoms with Crippen LogP contribution in [0.25, 0.3) is 0 Å². The van der Waals surface area contributed by atoms with Crippen molar-refractivity contribution in [1.29, 1.82) is 0 Å². The normalized spacial score (nSPS) is 21.8. The van der Waals surface area contributed by atoms with Gasteiger partial charge in [0.05, 0.1) is 0 Å². The fraction of sp³-hybridized carbons (Fsp3) is 1.00. The SMILES string of the molecule is CCCCN1CNCCCNCN(CCCC)CNCCCNC1. The summed E-state index contributed by atoms with van der Waals surface area (Å²) in [4.78, 5) is 4.98. The summed E-state index contributed by atoms with van der Waals surface area (Å²) in [5.74, 6) is 0. The highest BCUT2D eigenvalue weighted by atomic mass is 15.3. The number of nitrogens with zero attached hydrogens (tertiary/aromatic N) is 2. The first-order chi connectivity index (χ1) is 11.9. The van der Waals surface area contributed by atoms with Crippen LogP contribution in [0.5, 0.6) is 0 Å². The van der Waals surface area contributed by atoms with Gasteiger partial charge in [0, 0.05) is 39.8 Å². The predicted molar refractivity (Wildman–Crippen MR) is 104 cm³/mol. The Morgan fingerprint density at radius 2 is 0.917 bits per heavy atom. The molecular weight excluding hydrogens is 300 g/mol. The highest BCUT2D eigenvalue weighted by Gasteiger charge is 2.05. The summed E-state index contributed by atoms with van der Waals surface area (Å²) in [5, 5.41) is 14.4. The van der Waals surface area contributed by atoms with Crippen LogP contribution in [0.1, 0.15) is 52.4 Å². The third-order valence-electron chi connectivity index (χ3n) is 4.41. The molecule has 1 aliphatic heterocycles. The van der Waals surface area contributed by atoms with Gasteiger partial charge < -0.3 is 21.3 Å². The van der Waals surface area contributed by atoms with Gasteiger partial charge in [-0.25, -0.2) is 0 Å². The Kier molecular flexibility index (Phi) is 14.8. The van der Waals surface area contributed by atoms with Crippen molar-refractivity contribution in [3.8, 4) is 0 Å². The van der Waals surface area contributed by atoms with E-state index in [0.29, 0.717) is 0 Å². The van der Waals surface area contributed by atoms with Crippen molar-refractivity contribution < 1.29 is 0 Å². The van der Waals surface area contributed by atoms with E-state index in [9.17, 15) is 0 Å². The topological polar surface area (TPSA) is 54.6 Å². The Hall–Kier alpha value is -0.240. The highest BCUT2D eigenvalue weighted by molar-refractivity contribution is 4.61. The van der Waals surface area contributed by atoms with E-state index in [4.69, 9.17) is 0 Å². The molecule has 0 atom stereocenters. The van der Waals surface area contributed by atoms with Crippen molar-refractivity contribution in [1.82, 2.24) is 31.1 Å². The van der Waals surface area contributed by atoms with Gasteiger partial charge in [-0.2, -0.15) is 0 Å². The molecule has 1 fully saturated rings. The summed E-state index contributed by atoms with van der Waals surface area (Å²) >= 11 is 0. The van der Waals surface area contributed by atoms with E-state index in [1.165, 1.54) is 51.6 Å². The molecule has 0 spiro atoms. The average molecular weight is 343 g/mol.